The van der Waals surface area contributed by atoms with Gasteiger partial charge < -0.3 is 25.6 Å². The van der Waals surface area contributed by atoms with Crippen LogP contribution >= 0.6 is 0 Å². The van der Waals surface area contributed by atoms with Gasteiger partial charge in [0.2, 0.25) is 0 Å². The summed E-state index contributed by atoms with van der Waals surface area (Å²) >= 11 is 0. The molecule has 0 aliphatic carbocycles. The minimum absolute atomic E-state index is 0.0404. The van der Waals surface area contributed by atoms with Gasteiger partial charge in [-0.3, -0.25) is 19.6 Å². The summed E-state index contributed by atoms with van der Waals surface area (Å²) in [5, 5.41) is 9.36. The second kappa shape index (κ2) is 11.4. The number of nitrogens with one attached hydrogen (secondary N) is 1. The number of nitrogens with zero attached hydrogens (tertiary/aromatic N) is 2. The van der Waals surface area contributed by atoms with Crippen LogP contribution in [-0.4, -0.2) is 60.0 Å². The molecule has 1 amide bonds. The van der Waals surface area contributed by atoms with Crippen molar-refractivity contribution >= 4 is 29.9 Å². The number of carbonyl (C=O) groups is 3. The Labute approximate surface area is 198 Å². The highest BCUT2D eigenvalue weighted by Gasteiger charge is 2.54. The fourth-order valence-corrected chi connectivity index (χ4v) is 3.12. The van der Waals surface area contributed by atoms with Crippen LogP contribution in [0, 0.1) is 5.82 Å². The minimum Gasteiger partial charge on any atom is -0.483 e. The number of esters is 1. The van der Waals surface area contributed by atoms with Gasteiger partial charge in [-0.1, -0.05) is 0 Å². The van der Waals surface area contributed by atoms with Gasteiger partial charge in [-0.15, -0.1) is 0 Å². The second-order valence-electron chi connectivity index (χ2n) is 7.28. The molecule has 10 nitrogen and oxygen atoms in total. The molecule has 3 rings (SSSR count). The number of aliphatic imine (C=N–C) groups is 1. The van der Waals surface area contributed by atoms with Crippen LogP contribution in [0.1, 0.15) is 40.3 Å². The summed E-state index contributed by atoms with van der Waals surface area (Å²) in [5.41, 5.74) is 2.97. The summed E-state index contributed by atoms with van der Waals surface area (Å²) in [6.45, 7) is 1.33. The van der Waals surface area contributed by atoms with E-state index in [2.05, 4.69) is 15.3 Å². The van der Waals surface area contributed by atoms with Gasteiger partial charge in [-0.2, -0.15) is 0 Å². The van der Waals surface area contributed by atoms with Crippen LogP contribution in [0.25, 0.3) is 0 Å². The van der Waals surface area contributed by atoms with Gasteiger partial charge >= 0.3 is 5.97 Å². The lowest BCUT2D eigenvalue weighted by Crippen LogP contribution is -2.45. The quantitative estimate of drug-likeness (QED) is 0.422. The topological polar surface area (TPSA) is 153 Å². The highest BCUT2D eigenvalue weighted by molar-refractivity contribution is 6.03. The van der Waals surface area contributed by atoms with E-state index in [1.54, 1.807) is 6.92 Å². The van der Waals surface area contributed by atoms with E-state index >= 15 is 0 Å². The fourth-order valence-electron chi connectivity index (χ4n) is 3.12. The number of carbonyl (C=O) groups excluding carboxylic acids is 2. The number of amides is 1. The standard InChI is InChI=1S/C21H21F3N4O4.CH2O2/c1-3-32-19(30)12-4-7-16(26-9-12)18(29)27-13-5-6-15(22)14(8-13)20(2)21(23,24)11-31-10-17(25)28-20;2-1-3/h4-9H,3,10-11H2,1-2H3,(H2,25,28)(H,27,29);1H,(H,2,3)/t20-;/m1./s1. The molecule has 2 heterocycles. The molecule has 1 aromatic heterocycles. The first-order chi connectivity index (χ1) is 16.5. The normalized spacial score (nSPS) is 18.7. The number of hydrogen-bond acceptors (Lipinski definition) is 8. The molecule has 0 saturated carbocycles. The third kappa shape index (κ3) is 6.32. The summed E-state index contributed by atoms with van der Waals surface area (Å²) < 4.78 is 53.8. The number of anilines is 1. The Bertz CT molecular complexity index is 1110. The first-order valence-electron chi connectivity index (χ1n) is 10.1. The molecule has 35 heavy (non-hydrogen) atoms. The Hall–Kier alpha value is -4.00. The van der Waals surface area contributed by atoms with Gasteiger partial charge in [-0.05, 0) is 44.2 Å². The first kappa shape index (κ1) is 27.2. The zero-order chi connectivity index (χ0) is 26.2. The van der Waals surface area contributed by atoms with Crippen molar-refractivity contribution in [1.82, 2.24) is 4.98 Å². The molecule has 0 unspecified atom stereocenters. The summed E-state index contributed by atoms with van der Waals surface area (Å²) in [4.78, 5) is 40.3. The number of carboxylic acid groups (broad SMARTS) is 1. The van der Waals surface area contributed by atoms with Crippen LogP contribution in [0.4, 0.5) is 18.9 Å². The molecule has 1 aliphatic heterocycles. The van der Waals surface area contributed by atoms with E-state index in [0.29, 0.717) is 0 Å². The molecule has 13 heteroatoms. The number of benzene rings is 1. The van der Waals surface area contributed by atoms with E-state index in [1.165, 1.54) is 24.4 Å². The Morgan fingerprint density at radius 3 is 2.60 bits per heavy atom. The number of halogens is 3. The molecule has 188 valence electrons. The monoisotopic (exact) mass is 496 g/mol. The maximum atomic E-state index is 14.8. The van der Waals surface area contributed by atoms with Crippen molar-refractivity contribution in [3.05, 3.63) is 59.2 Å². The van der Waals surface area contributed by atoms with E-state index in [0.717, 1.165) is 19.1 Å². The van der Waals surface area contributed by atoms with Crippen LogP contribution in [0.3, 0.4) is 0 Å². The van der Waals surface area contributed by atoms with Crippen LogP contribution in [-0.2, 0) is 19.8 Å². The largest absolute Gasteiger partial charge is 0.483 e. The van der Waals surface area contributed by atoms with E-state index in [1.807, 2.05) is 0 Å². The second-order valence-corrected chi connectivity index (χ2v) is 7.28. The van der Waals surface area contributed by atoms with Crippen LogP contribution in [0.5, 0.6) is 0 Å². The van der Waals surface area contributed by atoms with Gasteiger partial charge in [0.25, 0.3) is 18.3 Å². The molecule has 0 radical (unpaired) electrons. The van der Waals surface area contributed by atoms with Crippen molar-refractivity contribution in [2.24, 2.45) is 10.7 Å². The molecule has 2 aromatic rings. The average Bonchev–Trinajstić information content (AvgIpc) is 2.90. The van der Waals surface area contributed by atoms with Crippen molar-refractivity contribution in [2.45, 2.75) is 25.3 Å². The summed E-state index contributed by atoms with van der Waals surface area (Å²) in [6.07, 6.45) is 1.17. The molecule has 0 bridgehead atoms. The van der Waals surface area contributed by atoms with E-state index in [-0.39, 0.29) is 42.5 Å². The number of ether oxygens (including phenoxy) is 2. The number of rotatable bonds is 5. The SMILES string of the molecule is CCOC(=O)c1ccc(C(=O)Nc2ccc(F)c([C@@]3(C)N=C(N)COCC3(F)F)c2)nc1.O=CO. The number of amidine groups is 1. The third-order valence-corrected chi connectivity index (χ3v) is 4.87. The lowest BCUT2D eigenvalue weighted by Gasteiger charge is -2.33. The lowest BCUT2D eigenvalue weighted by atomic mass is 9.85. The molecule has 0 spiro atoms. The molecule has 1 aliphatic rings. The van der Waals surface area contributed by atoms with Crippen molar-refractivity contribution < 1.29 is 42.1 Å². The fraction of sp³-hybridized carbons (Fsp3) is 0.318. The zero-order valence-electron chi connectivity index (χ0n) is 18.8. The molecule has 4 N–H and O–H groups in total. The molecule has 1 aromatic carbocycles. The maximum Gasteiger partial charge on any atom is 0.339 e. The van der Waals surface area contributed by atoms with E-state index in [4.69, 9.17) is 25.1 Å². The highest BCUT2D eigenvalue weighted by Crippen LogP contribution is 2.44. The van der Waals surface area contributed by atoms with Crippen LogP contribution in [0.2, 0.25) is 0 Å². The molecule has 0 saturated heterocycles. The van der Waals surface area contributed by atoms with Gasteiger partial charge in [0, 0.05) is 17.4 Å². The molecular formula is C22H23F3N4O6. The van der Waals surface area contributed by atoms with Crippen molar-refractivity contribution in [3.63, 3.8) is 0 Å². The Balaban J connectivity index is 0.00000137. The number of pyridine rings is 1. The lowest BCUT2D eigenvalue weighted by molar-refractivity contribution is -0.122. The smallest absolute Gasteiger partial charge is 0.339 e. The van der Waals surface area contributed by atoms with Crippen molar-refractivity contribution in [1.29, 1.82) is 0 Å². The van der Waals surface area contributed by atoms with Gasteiger partial charge in [0.05, 0.1) is 12.2 Å². The molecule has 0 fully saturated rings. The predicted molar refractivity (Wildman–Crippen MR) is 118 cm³/mol. The minimum atomic E-state index is -3.57. The first-order valence-corrected chi connectivity index (χ1v) is 10.1. The average molecular weight is 496 g/mol. The van der Waals surface area contributed by atoms with Gasteiger partial charge in [0.15, 0.2) is 5.54 Å². The summed E-state index contributed by atoms with van der Waals surface area (Å²) in [7, 11) is 0. The van der Waals surface area contributed by atoms with Crippen LogP contribution < -0.4 is 11.1 Å². The number of nitrogens with two attached hydrogens (primary N) is 1. The van der Waals surface area contributed by atoms with Crippen molar-refractivity contribution in [2.75, 3.05) is 25.1 Å². The summed E-state index contributed by atoms with van der Waals surface area (Å²) in [5.74, 6) is -5.99. The van der Waals surface area contributed by atoms with E-state index in [9.17, 15) is 22.8 Å². The predicted octanol–water partition coefficient (Wildman–Crippen LogP) is 2.59. The number of hydrogen-bond donors (Lipinski definition) is 3. The molecule has 1 atom stereocenters. The number of aromatic nitrogens is 1. The molecular weight excluding hydrogens is 473 g/mol. The Morgan fingerprint density at radius 1 is 1.31 bits per heavy atom. The van der Waals surface area contributed by atoms with Crippen LogP contribution in [0.15, 0.2) is 41.5 Å². The third-order valence-electron chi connectivity index (χ3n) is 4.87. The van der Waals surface area contributed by atoms with E-state index < -0.39 is 41.3 Å². The summed E-state index contributed by atoms with van der Waals surface area (Å²) in [6, 6.07) is 5.89. The Kier molecular flexibility index (Phi) is 8.89. The van der Waals surface area contributed by atoms with Gasteiger partial charge in [0.1, 0.15) is 30.6 Å². The van der Waals surface area contributed by atoms with Gasteiger partial charge in [-0.25, -0.2) is 18.0 Å². The zero-order valence-corrected chi connectivity index (χ0v) is 18.8. The highest BCUT2D eigenvalue weighted by atomic mass is 19.3. The Morgan fingerprint density at radius 2 is 2.00 bits per heavy atom. The maximum absolute atomic E-state index is 14.8. The van der Waals surface area contributed by atoms with Crippen molar-refractivity contribution in [3.8, 4) is 0 Å². The number of alkyl halides is 2.